The molecule has 0 saturated carbocycles. The van der Waals surface area contributed by atoms with E-state index in [4.69, 9.17) is 9.15 Å². The molecule has 0 spiro atoms. The number of anilines is 1. The quantitative estimate of drug-likeness (QED) is 0.220. The Morgan fingerprint density at radius 2 is 1.76 bits per heavy atom. The normalized spacial score (nSPS) is 15.5. The number of furan rings is 1. The number of aryl methyl sites for hydroxylation is 1. The van der Waals surface area contributed by atoms with Crippen LogP contribution in [0.4, 0.5) is 9.52 Å². The fourth-order valence-electron chi connectivity index (χ4n) is 4.52. The Labute approximate surface area is 221 Å². The van der Waals surface area contributed by atoms with Crippen molar-refractivity contribution < 1.29 is 23.1 Å². The third kappa shape index (κ3) is 4.29. The highest BCUT2D eigenvalue weighted by Gasteiger charge is 2.47. The van der Waals surface area contributed by atoms with E-state index >= 15 is 0 Å². The van der Waals surface area contributed by atoms with Crippen LogP contribution in [0.15, 0.2) is 107 Å². The van der Waals surface area contributed by atoms with Gasteiger partial charge in [-0.05, 0) is 48.4 Å². The first kappa shape index (κ1) is 23.8. The van der Waals surface area contributed by atoms with Gasteiger partial charge in [-0.25, -0.2) is 9.37 Å². The second kappa shape index (κ2) is 9.72. The topological polar surface area (TPSA) is 72.6 Å². The molecule has 0 fully saturated rings. The van der Waals surface area contributed by atoms with Gasteiger partial charge in [0.2, 0.25) is 5.78 Å². The molecule has 2 aromatic heterocycles. The zero-order chi connectivity index (χ0) is 26.2. The first-order valence-electron chi connectivity index (χ1n) is 12.0. The lowest BCUT2D eigenvalue weighted by molar-refractivity contribution is -0.118. The van der Waals surface area contributed by atoms with E-state index < -0.39 is 23.5 Å². The van der Waals surface area contributed by atoms with E-state index in [-0.39, 0.29) is 23.7 Å². The van der Waals surface area contributed by atoms with Crippen molar-refractivity contribution in [2.75, 3.05) is 4.90 Å². The monoisotopic (exact) mass is 524 g/mol. The summed E-state index contributed by atoms with van der Waals surface area (Å²) < 4.78 is 26.3. The van der Waals surface area contributed by atoms with Crippen LogP contribution in [-0.2, 0) is 16.1 Å². The minimum atomic E-state index is -0.821. The number of aromatic nitrogens is 1. The fraction of sp³-hybridized carbons (Fsp3) is 0.100. The summed E-state index contributed by atoms with van der Waals surface area (Å²) in [5.74, 6) is -0.716. The lowest BCUT2D eigenvalue weighted by Gasteiger charge is -2.24. The number of nitrogens with zero attached hydrogens (tertiary/aromatic N) is 2. The Morgan fingerprint density at radius 3 is 2.47 bits per heavy atom. The van der Waals surface area contributed by atoms with E-state index in [1.807, 2.05) is 60.7 Å². The molecule has 3 heterocycles. The number of ether oxygens (including phenoxy) is 1. The highest BCUT2D eigenvalue weighted by Crippen LogP contribution is 2.45. The van der Waals surface area contributed by atoms with Crippen LogP contribution >= 0.6 is 11.3 Å². The lowest BCUT2D eigenvalue weighted by atomic mass is 9.95. The van der Waals surface area contributed by atoms with Gasteiger partial charge in [0, 0.05) is 0 Å². The van der Waals surface area contributed by atoms with Gasteiger partial charge >= 0.3 is 0 Å². The third-order valence-corrected chi connectivity index (χ3v) is 7.30. The SMILES string of the molecule is Cc1ccc(C(=O)C2=C(OCc3ccccc3)C(=O)N(c3nc4ccc(F)cc4s3)C2c2ccccc2)o1. The molecular weight excluding hydrogens is 503 g/mol. The molecule has 8 heteroatoms. The number of fused-ring (bicyclic) bond motifs is 1. The smallest absolute Gasteiger partial charge is 0.296 e. The number of ketones is 1. The molecule has 6 rings (SSSR count). The summed E-state index contributed by atoms with van der Waals surface area (Å²) in [6.45, 7) is 1.84. The van der Waals surface area contributed by atoms with Crippen molar-refractivity contribution in [3.63, 3.8) is 0 Å². The van der Waals surface area contributed by atoms with Crippen molar-refractivity contribution in [2.45, 2.75) is 19.6 Å². The Morgan fingerprint density at radius 1 is 1.03 bits per heavy atom. The second-order valence-corrected chi connectivity index (χ2v) is 9.86. The zero-order valence-electron chi connectivity index (χ0n) is 20.3. The van der Waals surface area contributed by atoms with Gasteiger partial charge in [-0.2, -0.15) is 0 Å². The van der Waals surface area contributed by atoms with Gasteiger partial charge in [0.1, 0.15) is 18.2 Å². The van der Waals surface area contributed by atoms with Crippen molar-refractivity contribution >= 4 is 38.4 Å². The number of carbonyl (C=O) groups excluding carboxylic acids is 2. The predicted octanol–water partition coefficient (Wildman–Crippen LogP) is 6.78. The molecule has 5 aromatic rings. The van der Waals surface area contributed by atoms with Gasteiger partial charge in [0.05, 0.1) is 21.8 Å². The lowest BCUT2D eigenvalue weighted by Crippen LogP contribution is -2.31. The maximum Gasteiger partial charge on any atom is 0.296 e. The van der Waals surface area contributed by atoms with Crippen molar-refractivity contribution in [3.8, 4) is 0 Å². The molecule has 1 amide bonds. The van der Waals surface area contributed by atoms with E-state index in [0.29, 0.717) is 26.7 Å². The summed E-state index contributed by atoms with van der Waals surface area (Å²) in [5, 5.41) is 0.337. The Balaban J connectivity index is 1.52. The van der Waals surface area contributed by atoms with Crippen molar-refractivity contribution in [2.24, 2.45) is 0 Å². The van der Waals surface area contributed by atoms with E-state index in [1.165, 1.54) is 28.4 Å². The third-order valence-electron chi connectivity index (χ3n) is 6.28. The zero-order valence-corrected chi connectivity index (χ0v) is 21.1. The van der Waals surface area contributed by atoms with Crippen molar-refractivity contribution in [3.05, 3.63) is 131 Å². The Bertz CT molecular complexity index is 1690. The van der Waals surface area contributed by atoms with Crippen molar-refractivity contribution in [1.82, 2.24) is 4.98 Å². The molecule has 0 bridgehead atoms. The maximum absolute atomic E-state index is 14.1. The van der Waals surface area contributed by atoms with E-state index in [1.54, 1.807) is 25.1 Å². The number of benzene rings is 3. The number of carbonyl (C=O) groups is 2. The first-order chi connectivity index (χ1) is 18.5. The van der Waals surface area contributed by atoms with Gasteiger partial charge in [0.25, 0.3) is 5.91 Å². The van der Waals surface area contributed by atoms with Gasteiger partial charge in [-0.3, -0.25) is 14.5 Å². The summed E-state index contributed by atoms with van der Waals surface area (Å²) in [6, 6.07) is 25.4. The molecule has 6 nitrogen and oxygen atoms in total. The van der Waals surface area contributed by atoms with Gasteiger partial charge in [0.15, 0.2) is 16.7 Å². The molecule has 0 N–H and O–H groups in total. The van der Waals surface area contributed by atoms with Crippen LogP contribution in [0.1, 0.15) is 33.5 Å². The number of hydrogen-bond donors (Lipinski definition) is 0. The summed E-state index contributed by atoms with van der Waals surface area (Å²) in [4.78, 5) is 34.1. The molecule has 0 saturated heterocycles. The molecule has 1 aliphatic heterocycles. The fourth-order valence-corrected chi connectivity index (χ4v) is 5.54. The van der Waals surface area contributed by atoms with Crippen LogP contribution in [0.25, 0.3) is 10.2 Å². The molecule has 0 aliphatic carbocycles. The first-order valence-corrected chi connectivity index (χ1v) is 12.8. The van der Waals surface area contributed by atoms with Crippen molar-refractivity contribution in [1.29, 1.82) is 0 Å². The van der Waals surface area contributed by atoms with Gasteiger partial charge < -0.3 is 9.15 Å². The predicted molar refractivity (Wildman–Crippen MR) is 142 cm³/mol. The number of Topliss-reactive ketones (excluding diaryl/α,β-unsaturated/α-hetero) is 1. The Hall–Kier alpha value is -4.56. The summed E-state index contributed by atoms with van der Waals surface area (Å²) in [5.41, 5.74) is 2.27. The standard InChI is InChI=1S/C30H21FN2O4S/c1-18-12-15-23(37-18)27(34)25-26(20-10-6-3-7-11-20)33(30-32-22-14-13-21(31)16-24(22)38-30)29(35)28(25)36-17-19-8-4-2-5-9-19/h2-16,26H,17H2,1H3. The highest BCUT2D eigenvalue weighted by molar-refractivity contribution is 7.22. The largest absolute Gasteiger partial charge is 0.483 e. The summed E-state index contributed by atoms with van der Waals surface area (Å²) >= 11 is 1.18. The van der Waals surface area contributed by atoms with Crippen LogP contribution in [0.2, 0.25) is 0 Å². The minimum absolute atomic E-state index is 0.0628. The highest BCUT2D eigenvalue weighted by atomic mass is 32.1. The minimum Gasteiger partial charge on any atom is -0.483 e. The van der Waals surface area contributed by atoms with Crippen LogP contribution in [0.3, 0.4) is 0 Å². The number of halogens is 1. The number of rotatable bonds is 7. The molecule has 1 aliphatic rings. The number of hydrogen-bond acceptors (Lipinski definition) is 6. The summed E-state index contributed by atoms with van der Waals surface area (Å²) in [7, 11) is 0. The van der Waals surface area contributed by atoms with E-state index in [2.05, 4.69) is 4.98 Å². The second-order valence-electron chi connectivity index (χ2n) is 8.85. The summed E-state index contributed by atoms with van der Waals surface area (Å²) in [6.07, 6.45) is 0. The van der Waals surface area contributed by atoms with Crippen LogP contribution in [0, 0.1) is 12.7 Å². The molecule has 1 unspecified atom stereocenters. The molecule has 0 radical (unpaired) electrons. The van der Waals surface area contributed by atoms with E-state index in [0.717, 1.165) is 5.56 Å². The Kier molecular flexibility index (Phi) is 6.09. The molecule has 38 heavy (non-hydrogen) atoms. The molecular formula is C30H21FN2O4S. The molecule has 1 atom stereocenters. The van der Waals surface area contributed by atoms with E-state index in [9.17, 15) is 14.0 Å². The van der Waals surface area contributed by atoms with Crippen LogP contribution < -0.4 is 4.90 Å². The van der Waals surface area contributed by atoms with Crippen LogP contribution in [0.5, 0.6) is 0 Å². The molecule has 188 valence electrons. The van der Waals surface area contributed by atoms with Gasteiger partial charge in [-0.1, -0.05) is 72.0 Å². The maximum atomic E-state index is 14.1. The number of amides is 1. The molecule has 3 aromatic carbocycles. The number of thiazole rings is 1. The van der Waals surface area contributed by atoms with Gasteiger partial charge in [-0.15, -0.1) is 0 Å². The van der Waals surface area contributed by atoms with Crippen LogP contribution in [-0.4, -0.2) is 16.7 Å². The average Bonchev–Trinajstić information content (AvgIpc) is 3.63. The average molecular weight is 525 g/mol.